The minimum Gasteiger partial charge on any atom is -0.385 e. The molecule has 0 amide bonds. The maximum atomic E-state index is 5.29. The van der Waals surface area contributed by atoms with Gasteiger partial charge in [-0.15, -0.1) is 0 Å². The zero-order chi connectivity index (χ0) is 12.4. The van der Waals surface area contributed by atoms with E-state index in [1.807, 2.05) is 7.11 Å². The van der Waals surface area contributed by atoms with E-state index in [4.69, 9.17) is 4.74 Å². The van der Waals surface area contributed by atoms with Gasteiger partial charge in [-0.3, -0.25) is 0 Å². The van der Waals surface area contributed by atoms with Crippen LogP contribution < -0.4 is 5.32 Å². The Bertz CT molecular complexity index is 176. The van der Waals surface area contributed by atoms with Crippen LogP contribution in [0.15, 0.2) is 0 Å². The normalized spacial score (nSPS) is 19.4. The molecular formula is C15H31NO. The molecule has 0 aromatic heterocycles. The van der Waals surface area contributed by atoms with Crippen LogP contribution in [-0.2, 0) is 4.74 Å². The molecule has 0 atom stereocenters. The van der Waals surface area contributed by atoms with Crippen molar-refractivity contribution in [2.24, 2.45) is 5.41 Å². The van der Waals surface area contributed by atoms with Gasteiger partial charge in [-0.1, -0.05) is 32.6 Å². The predicted molar refractivity (Wildman–Crippen MR) is 74.4 cm³/mol. The summed E-state index contributed by atoms with van der Waals surface area (Å²) < 4.78 is 5.29. The average Bonchev–Trinajstić information content (AvgIpc) is 2.37. The van der Waals surface area contributed by atoms with E-state index in [2.05, 4.69) is 12.2 Å². The summed E-state index contributed by atoms with van der Waals surface area (Å²) in [5.41, 5.74) is 0.591. The Hall–Kier alpha value is -0.0800. The van der Waals surface area contributed by atoms with Crippen LogP contribution in [0.25, 0.3) is 0 Å². The van der Waals surface area contributed by atoms with Gasteiger partial charge in [0.2, 0.25) is 0 Å². The molecule has 0 bridgehead atoms. The summed E-state index contributed by atoms with van der Waals surface area (Å²) >= 11 is 0. The van der Waals surface area contributed by atoms with Crippen LogP contribution in [0.1, 0.15) is 64.7 Å². The van der Waals surface area contributed by atoms with Crippen molar-refractivity contribution in [3.05, 3.63) is 0 Å². The molecule has 1 saturated carbocycles. The minimum atomic E-state index is 0.591. The fourth-order valence-corrected chi connectivity index (χ4v) is 3.03. The van der Waals surface area contributed by atoms with E-state index >= 15 is 0 Å². The highest BCUT2D eigenvalue weighted by Gasteiger charge is 2.30. The zero-order valence-corrected chi connectivity index (χ0v) is 11.9. The van der Waals surface area contributed by atoms with Gasteiger partial charge in [0.05, 0.1) is 0 Å². The topological polar surface area (TPSA) is 21.3 Å². The Morgan fingerprint density at radius 1 is 1.06 bits per heavy atom. The van der Waals surface area contributed by atoms with Gasteiger partial charge >= 0.3 is 0 Å². The lowest BCUT2D eigenvalue weighted by molar-refractivity contribution is 0.0946. The Labute approximate surface area is 108 Å². The van der Waals surface area contributed by atoms with E-state index < -0.39 is 0 Å². The minimum absolute atomic E-state index is 0.591. The van der Waals surface area contributed by atoms with Gasteiger partial charge in [-0.25, -0.2) is 0 Å². The molecule has 2 nitrogen and oxygen atoms in total. The van der Waals surface area contributed by atoms with E-state index in [0.717, 1.165) is 6.61 Å². The summed E-state index contributed by atoms with van der Waals surface area (Å²) in [7, 11) is 1.83. The maximum absolute atomic E-state index is 5.29. The zero-order valence-electron chi connectivity index (χ0n) is 11.9. The van der Waals surface area contributed by atoms with Gasteiger partial charge in [0.1, 0.15) is 0 Å². The lowest BCUT2D eigenvalue weighted by Gasteiger charge is -2.37. The van der Waals surface area contributed by atoms with Crippen molar-refractivity contribution in [2.75, 3.05) is 26.8 Å². The highest BCUT2D eigenvalue weighted by molar-refractivity contribution is 4.83. The third-order valence-corrected chi connectivity index (χ3v) is 4.29. The molecule has 0 heterocycles. The Kier molecular flexibility index (Phi) is 7.87. The predicted octanol–water partition coefficient (Wildman–Crippen LogP) is 3.75. The highest BCUT2D eigenvalue weighted by atomic mass is 16.5. The number of unbranched alkanes of at least 4 members (excludes halogenated alkanes) is 1. The van der Waals surface area contributed by atoms with Crippen molar-refractivity contribution < 1.29 is 4.74 Å². The second kappa shape index (κ2) is 8.93. The molecule has 0 saturated heterocycles. The van der Waals surface area contributed by atoms with Crippen LogP contribution in [0.2, 0.25) is 0 Å². The van der Waals surface area contributed by atoms with Gasteiger partial charge in [0, 0.05) is 13.7 Å². The summed E-state index contributed by atoms with van der Waals surface area (Å²) in [5, 5.41) is 3.59. The van der Waals surface area contributed by atoms with E-state index in [1.54, 1.807) is 0 Å². The number of ether oxygens (including phenoxy) is 1. The second-order valence-corrected chi connectivity index (χ2v) is 5.66. The number of hydrogen-bond acceptors (Lipinski definition) is 2. The molecule has 102 valence electrons. The number of nitrogens with one attached hydrogen (secondary N) is 1. The first-order valence-corrected chi connectivity index (χ1v) is 7.53. The molecule has 0 aliphatic heterocycles. The van der Waals surface area contributed by atoms with Gasteiger partial charge in [-0.05, 0) is 50.6 Å². The largest absolute Gasteiger partial charge is 0.385 e. The first-order chi connectivity index (χ1) is 8.33. The standard InChI is InChI=1S/C15H31NO/c1-3-4-12-16-13-10-15(11-14-17-2)8-6-5-7-9-15/h16H,3-14H2,1-2H3. The Morgan fingerprint density at radius 2 is 1.82 bits per heavy atom. The summed E-state index contributed by atoms with van der Waals surface area (Å²) in [6.07, 6.45) is 12.4. The van der Waals surface area contributed by atoms with E-state index in [0.29, 0.717) is 5.41 Å². The third-order valence-electron chi connectivity index (χ3n) is 4.29. The summed E-state index contributed by atoms with van der Waals surface area (Å²) in [5.74, 6) is 0. The quantitative estimate of drug-likeness (QED) is 0.621. The van der Waals surface area contributed by atoms with Crippen LogP contribution in [0, 0.1) is 5.41 Å². The third kappa shape index (κ3) is 5.87. The van der Waals surface area contributed by atoms with Crippen LogP contribution in [-0.4, -0.2) is 26.8 Å². The van der Waals surface area contributed by atoms with E-state index in [-0.39, 0.29) is 0 Å². The molecular weight excluding hydrogens is 210 g/mol. The van der Waals surface area contributed by atoms with Crippen LogP contribution >= 0.6 is 0 Å². The molecule has 17 heavy (non-hydrogen) atoms. The lowest BCUT2D eigenvalue weighted by atomic mass is 9.70. The molecule has 0 aromatic carbocycles. The molecule has 1 rings (SSSR count). The molecule has 0 radical (unpaired) electrons. The smallest absolute Gasteiger partial charge is 0.0467 e. The van der Waals surface area contributed by atoms with Crippen LogP contribution in [0.5, 0.6) is 0 Å². The fraction of sp³-hybridized carbons (Fsp3) is 1.00. The number of rotatable bonds is 9. The van der Waals surface area contributed by atoms with Crippen molar-refractivity contribution in [2.45, 2.75) is 64.7 Å². The van der Waals surface area contributed by atoms with Gasteiger partial charge in [0.15, 0.2) is 0 Å². The highest BCUT2D eigenvalue weighted by Crippen LogP contribution is 2.41. The Morgan fingerprint density at radius 3 is 2.47 bits per heavy atom. The van der Waals surface area contributed by atoms with Gasteiger partial charge < -0.3 is 10.1 Å². The van der Waals surface area contributed by atoms with E-state index in [9.17, 15) is 0 Å². The molecule has 0 unspecified atom stereocenters. The summed E-state index contributed by atoms with van der Waals surface area (Å²) in [6.45, 7) is 5.58. The second-order valence-electron chi connectivity index (χ2n) is 5.66. The monoisotopic (exact) mass is 241 g/mol. The lowest BCUT2D eigenvalue weighted by Crippen LogP contribution is -2.30. The van der Waals surface area contributed by atoms with Crippen molar-refractivity contribution in [1.29, 1.82) is 0 Å². The van der Waals surface area contributed by atoms with Crippen molar-refractivity contribution in [3.63, 3.8) is 0 Å². The number of methoxy groups -OCH3 is 1. The van der Waals surface area contributed by atoms with Crippen LogP contribution in [0.3, 0.4) is 0 Å². The first kappa shape index (κ1) is 15.0. The fourth-order valence-electron chi connectivity index (χ4n) is 3.03. The van der Waals surface area contributed by atoms with E-state index in [1.165, 1.54) is 70.9 Å². The Balaban J connectivity index is 2.24. The SMILES string of the molecule is CCCCNCCC1(CCOC)CCCCC1. The van der Waals surface area contributed by atoms with Crippen molar-refractivity contribution in [3.8, 4) is 0 Å². The molecule has 1 aliphatic rings. The average molecular weight is 241 g/mol. The molecule has 0 aromatic rings. The molecule has 0 spiro atoms. The molecule has 1 aliphatic carbocycles. The first-order valence-electron chi connectivity index (χ1n) is 7.53. The van der Waals surface area contributed by atoms with Crippen molar-refractivity contribution >= 4 is 0 Å². The maximum Gasteiger partial charge on any atom is 0.0467 e. The molecule has 1 N–H and O–H groups in total. The number of hydrogen-bond donors (Lipinski definition) is 1. The van der Waals surface area contributed by atoms with Crippen molar-refractivity contribution in [1.82, 2.24) is 5.32 Å². The molecule has 2 heteroatoms. The summed E-state index contributed by atoms with van der Waals surface area (Å²) in [6, 6.07) is 0. The van der Waals surface area contributed by atoms with Gasteiger partial charge in [0.25, 0.3) is 0 Å². The van der Waals surface area contributed by atoms with Gasteiger partial charge in [-0.2, -0.15) is 0 Å². The summed E-state index contributed by atoms with van der Waals surface area (Å²) in [4.78, 5) is 0. The molecule has 1 fully saturated rings. The van der Waals surface area contributed by atoms with Crippen LogP contribution in [0.4, 0.5) is 0 Å².